The van der Waals surface area contributed by atoms with Gasteiger partial charge in [-0.05, 0) is 38.0 Å². The minimum Gasteiger partial charge on any atom is -0.343 e. The van der Waals surface area contributed by atoms with Crippen LogP contribution in [-0.4, -0.2) is 77.6 Å². The molecule has 0 radical (unpaired) electrons. The number of amides is 3. The molecule has 0 aliphatic carbocycles. The van der Waals surface area contributed by atoms with Crippen LogP contribution in [0.2, 0.25) is 5.02 Å². The number of imide groups is 1. The van der Waals surface area contributed by atoms with E-state index in [1.54, 1.807) is 7.05 Å². The van der Waals surface area contributed by atoms with Crippen molar-refractivity contribution in [2.24, 2.45) is 0 Å². The summed E-state index contributed by atoms with van der Waals surface area (Å²) in [5.74, 6) is -0.535. The Morgan fingerprint density at radius 1 is 1.29 bits per heavy atom. The van der Waals surface area contributed by atoms with Gasteiger partial charge in [-0.2, -0.15) is 0 Å². The third kappa shape index (κ3) is 2.96. The fraction of sp³-hybridized carbons (Fsp3) is 0.526. The van der Waals surface area contributed by atoms with Crippen molar-refractivity contribution in [3.05, 3.63) is 28.8 Å². The molecule has 3 atom stereocenters. The van der Waals surface area contributed by atoms with Gasteiger partial charge in [0, 0.05) is 30.8 Å². The fourth-order valence-electron chi connectivity index (χ4n) is 4.31. The average molecular weight is 406 g/mol. The predicted octanol–water partition coefficient (Wildman–Crippen LogP) is 1.23. The summed E-state index contributed by atoms with van der Waals surface area (Å²) < 4.78 is 0. The van der Waals surface area contributed by atoms with E-state index in [0.717, 1.165) is 35.7 Å². The fourth-order valence-corrected chi connectivity index (χ4v) is 4.49. The van der Waals surface area contributed by atoms with Crippen LogP contribution in [0.1, 0.15) is 18.9 Å². The van der Waals surface area contributed by atoms with Gasteiger partial charge in [0.05, 0.1) is 6.54 Å². The van der Waals surface area contributed by atoms with E-state index in [9.17, 15) is 14.4 Å². The number of nitrogens with zero attached hydrogens (tertiary/aromatic N) is 4. The number of urea groups is 1. The van der Waals surface area contributed by atoms with Gasteiger partial charge in [0.2, 0.25) is 0 Å². The van der Waals surface area contributed by atoms with Crippen molar-refractivity contribution in [1.29, 1.82) is 0 Å². The Morgan fingerprint density at radius 2 is 2.04 bits per heavy atom. The number of likely N-dealkylation sites (N-methyl/N-ethyl adjacent to an activating group) is 1. The van der Waals surface area contributed by atoms with Crippen LogP contribution in [0, 0.1) is 6.92 Å². The van der Waals surface area contributed by atoms with Gasteiger partial charge in [-0.1, -0.05) is 17.7 Å². The lowest BCUT2D eigenvalue weighted by atomic mass is 10.1. The van der Waals surface area contributed by atoms with Crippen LogP contribution in [0.15, 0.2) is 18.2 Å². The minimum atomic E-state index is -0.518. The average Bonchev–Trinajstić information content (AvgIpc) is 3.05. The summed E-state index contributed by atoms with van der Waals surface area (Å²) >= 11 is 6.32. The second kappa shape index (κ2) is 7.02. The van der Waals surface area contributed by atoms with E-state index in [-0.39, 0.29) is 24.5 Å². The SMILES string of the molecule is CC(=O)CN1C(=O)C2C(NC3N(c4ccc(C)c(Cl)c4)CCCN23)N(C)C1=O. The normalized spacial score (nSPS) is 27.9. The van der Waals surface area contributed by atoms with Crippen molar-refractivity contribution >= 4 is 35.0 Å². The van der Waals surface area contributed by atoms with Gasteiger partial charge in [0.25, 0.3) is 5.91 Å². The summed E-state index contributed by atoms with van der Waals surface area (Å²) in [6, 6.07) is 4.97. The number of fused-ring (bicyclic) bond motifs is 3. The molecule has 0 spiro atoms. The van der Waals surface area contributed by atoms with Gasteiger partial charge in [-0.15, -0.1) is 0 Å². The molecule has 0 aromatic heterocycles. The summed E-state index contributed by atoms with van der Waals surface area (Å²) in [7, 11) is 1.66. The Labute approximate surface area is 169 Å². The third-order valence-electron chi connectivity index (χ3n) is 5.74. The second-order valence-corrected chi connectivity index (χ2v) is 8.08. The number of hydrogen-bond donors (Lipinski definition) is 1. The van der Waals surface area contributed by atoms with Crippen LogP contribution < -0.4 is 10.2 Å². The Hall–Kier alpha value is -2.16. The van der Waals surface area contributed by atoms with Crippen molar-refractivity contribution < 1.29 is 14.4 Å². The molecule has 3 aliphatic rings. The zero-order valence-corrected chi connectivity index (χ0v) is 16.9. The summed E-state index contributed by atoms with van der Waals surface area (Å²) in [5, 5.41) is 4.14. The lowest BCUT2D eigenvalue weighted by molar-refractivity contribution is -0.141. The first-order chi connectivity index (χ1) is 13.3. The largest absolute Gasteiger partial charge is 0.343 e. The summed E-state index contributed by atoms with van der Waals surface area (Å²) in [6.45, 7) is 4.69. The first-order valence-electron chi connectivity index (χ1n) is 9.42. The molecule has 4 rings (SSSR count). The Morgan fingerprint density at radius 3 is 2.71 bits per heavy atom. The monoisotopic (exact) mass is 405 g/mol. The number of halogens is 1. The zero-order chi connectivity index (χ0) is 20.2. The lowest BCUT2D eigenvalue weighted by Gasteiger charge is -2.43. The number of Topliss-reactive ketones (excluding diaryl/α,β-unsaturated/α-hetero) is 1. The van der Waals surface area contributed by atoms with Crippen LogP contribution in [0.3, 0.4) is 0 Å². The van der Waals surface area contributed by atoms with E-state index in [0.29, 0.717) is 5.02 Å². The second-order valence-electron chi connectivity index (χ2n) is 7.67. The Kier molecular flexibility index (Phi) is 4.81. The maximum atomic E-state index is 13.1. The van der Waals surface area contributed by atoms with Gasteiger partial charge in [0.15, 0.2) is 0 Å². The standard InChI is InChI=1S/C19H24ClN5O3/c1-11-5-6-13(9-14(11)20)23-7-4-8-24-15-16(21-18(23)24)22(3)19(28)25(17(15)27)10-12(2)26/h5-6,9,15-16,18,21H,4,7-8,10H2,1-3H3. The molecule has 3 fully saturated rings. The van der Waals surface area contributed by atoms with Crippen molar-refractivity contribution in [3.8, 4) is 0 Å². The van der Waals surface area contributed by atoms with Gasteiger partial charge < -0.3 is 9.80 Å². The molecule has 150 valence electrons. The third-order valence-corrected chi connectivity index (χ3v) is 6.14. The molecule has 9 heteroatoms. The van der Waals surface area contributed by atoms with Gasteiger partial charge >= 0.3 is 6.03 Å². The van der Waals surface area contributed by atoms with Crippen molar-refractivity contribution in [2.45, 2.75) is 38.8 Å². The van der Waals surface area contributed by atoms with Gasteiger partial charge in [-0.25, -0.2) is 4.79 Å². The Balaban J connectivity index is 1.66. The summed E-state index contributed by atoms with van der Waals surface area (Å²) in [4.78, 5) is 44.2. The molecule has 1 aromatic carbocycles. The van der Waals surface area contributed by atoms with E-state index in [1.165, 1.54) is 11.8 Å². The Bertz CT molecular complexity index is 847. The van der Waals surface area contributed by atoms with Gasteiger partial charge in [-0.3, -0.25) is 24.7 Å². The molecule has 3 saturated heterocycles. The van der Waals surface area contributed by atoms with Crippen LogP contribution in [-0.2, 0) is 9.59 Å². The predicted molar refractivity (Wildman–Crippen MR) is 105 cm³/mol. The highest BCUT2D eigenvalue weighted by atomic mass is 35.5. The number of anilines is 1. The number of ketones is 1. The van der Waals surface area contributed by atoms with E-state index < -0.39 is 18.2 Å². The number of carbonyl (C=O) groups excluding carboxylic acids is 3. The molecule has 0 bridgehead atoms. The van der Waals surface area contributed by atoms with Crippen LogP contribution in [0.25, 0.3) is 0 Å². The molecule has 1 aromatic rings. The topological polar surface area (TPSA) is 76.2 Å². The maximum absolute atomic E-state index is 13.1. The number of carbonyl (C=O) groups is 3. The molecule has 0 saturated carbocycles. The van der Waals surface area contributed by atoms with E-state index in [1.807, 2.05) is 25.1 Å². The molecule has 28 heavy (non-hydrogen) atoms. The lowest BCUT2D eigenvalue weighted by Crippen LogP contribution is -2.66. The first-order valence-corrected chi connectivity index (χ1v) is 9.79. The number of nitrogens with one attached hydrogen (secondary N) is 1. The molecule has 3 aliphatic heterocycles. The van der Waals surface area contributed by atoms with Gasteiger partial charge in [0.1, 0.15) is 24.3 Å². The smallest absolute Gasteiger partial charge is 0.328 e. The molecule has 3 heterocycles. The van der Waals surface area contributed by atoms with Crippen molar-refractivity contribution in [2.75, 3.05) is 31.6 Å². The molecular weight excluding hydrogens is 382 g/mol. The number of rotatable bonds is 3. The maximum Gasteiger partial charge on any atom is 0.328 e. The van der Waals surface area contributed by atoms with E-state index in [2.05, 4.69) is 15.1 Å². The van der Waals surface area contributed by atoms with E-state index >= 15 is 0 Å². The molecule has 3 unspecified atom stereocenters. The summed E-state index contributed by atoms with van der Waals surface area (Å²) in [6.07, 6.45) is 0.221. The highest BCUT2D eigenvalue weighted by Crippen LogP contribution is 2.34. The van der Waals surface area contributed by atoms with Crippen LogP contribution in [0.4, 0.5) is 10.5 Å². The molecule has 3 amide bonds. The molecule has 8 nitrogen and oxygen atoms in total. The number of aryl methyl sites for hydroxylation is 1. The number of hydrogen-bond acceptors (Lipinski definition) is 6. The minimum absolute atomic E-state index is 0.193. The zero-order valence-electron chi connectivity index (χ0n) is 16.2. The van der Waals surface area contributed by atoms with E-state index in [4.69, 9.17) is 11.6 Å². The molecule has 1 N–H and O–H groups in total. The van der Waals surface area contributed by atoms with Crippen LogP contribution in [0.5, 0.6) is 0 Å². The van der Waals surface area contributed by atoms with Crippen LogP contribution >= 0.6 is 11.6 Å². The van der Waals surface area contributed by atoms with Crippen molar-refractivity contribution in [3.63, 3.8) is 0 Å². The summed E-state index contributed by atoms with van der Waals surface area (Å²) in [5.41, 5.74) is 1.98. The highest BCUT2D eigenvalue weighted by molar-refractivity contribution is 6.31. The quantitative estimate of drug-likeness (QED) is 0.815. The number of benzene rings is 1. The molecular formula is C19H24ClN5O3. The first kappa shape index (κ1) is 19.2. The van der Waals surface area contributed by atoms with Crippen molar-refractivity contribution in [1.82, 2.24) is 20.0 Å². The highest BCUT2D eigenvalue weighted by Gasteiger charge is 2.56.